The fourth-order valence-corrected chi connectivity index (χ4v) is 3.96. The van der Waals surface area contributed by atoms with Crippen LogP contribution in [0.2, 0.25) is 0 Å². The van der Waals surface area contributed by atoms with E-state index >= 15 is 0 Å². The average molecular weight is 353 g/mol. The van der Waals surface area contributed by atoms with Crippen molar-refractivity contribution in [1.82, 2.24) is 14.7 Å². The van der Waals surface area contributed by atoms with Crippen LogP contribution in [0, 0.1) is 0 Å². The lowest BCUT2D eigenvalue weighted by Crippen LogP contribution is -2.45. The van der Waals surface area contributed by atoms with Gasteiger partial charge in [0.15, 0.2) is 5.78 Å². The molecule has 0 unspecified atom stereocenters. The van der Waals surface area contributed by atoms with Crippen LogP contribution in [0.4, 0.5) is 0 Å². The Bertz CT molecular complexity index is 873. The van der Waals surface area contributed by atoms with E-state index in [2.05, 4.69) is 12.0 Å². The number of hydrogen-bond donors (Lipinski definition) is 0. The molecule has 0 radical (unpaired) electrons. The van der Waals surface area contributed by atoms with Crippen molar-refractivity contribution in [3.8, 4) is 5.75 Å². The van der Waals surface area contributed by atoms with Gasteiger partial charge in [-0.2, -0.15) is 5.10 Å². The number of fused-ring (bicyclic) bond motifs is 1. The highest BCUT2D eigenvalue weighted by Crippen LogP contribution is 2.38. The van der Waals surface area contributed by atoms with Gasteiger partial charge in [0.25, 0.3) is 5.91 Å². The largest absolute Gasteiger partial charge is 0.484 e. The second kappa shape index (κ2) is 6.27. The quantitative estimate of drug-likeness (QED) is 0.851. The highest BCUT2D eigenvalue weighted by Gasteiger charge is 2.47. The first-order valence-corrected chi connectivity index (χ1v) is 9.15. The van der Waals surface area contributed by atoms with E-state index in [0.717, 1.165) is 18.5 Å². The summed E-state index contributed by atoms with van der Waals surface area (Å²) in [7, 11) is 1.80. The fourth-order valence-electron chi connectivity index (χ4n) is 3.96. The molecule has 0 aliphatic carbocycles. The standard InChI is InChI=1S/C20H23N3O3/c1-3-6-14-11-16(22(2)21-14)19(25)23-10-9-20(13-23)12-17(24)15-7-4-5-8-18(15)26-20/h4-5,7-8,11H,3,6,9-10,12-13H2,1-2H3/t20-/m1/s1. The van der Waals surface area contributed by atoms with Gasteiger partial charge in [0.1, 0.15) is 17.0 Å². The Hall–Kier alpha value is -2.63. The first-order valence-electron chi connectivity index (χ1n) is 9.15. The van der Waals surface area contributed by atoms with Gasteiger partial charge in [0, 0.05) is 20.0 Å². The average Bonchev–Trinajstić information content (AvgIpc) is 3.18. The molecule has 2 aliphatic heterocycles. The maximum atomic E-state index is 13.0. The molecule has 2 aromatic rings. The number of hydrogen-bond acceptors (Lipinski definition) is 4. The molecule has 0 saturated carbocycles. The monoisotopic (exact) mass is 353 g/mol. The Morgan fingerprint density at radius 3 is 2.96 bits per heavy atom. The first kappa shape index (κ1) is 16.8. The smallest absolute Gasteiger partial charge is 0.272 e. The minimum absolute atomic E-state index is 0.0471. The zero-order valence-corrected chi connectivity index (χ0v) is 15.2. The molecule has 1 saturated heterocycles. The number of ether oxygens (including phenoxy) is 1. The van der Waals surface area contributed by atoms with Gasteiger partial charge in [-0.25, -0.2) is 0 Å². The Labute approximate surface area is 152 Å². The van der Waals surface area contributed by atoms with E-state index in [1.807, 2.05) is 24.3 Å². The highest BCUT2D eigenvalue weighted by atomic mass is 16.5. The van der Waals surface area contributed by atoms with Crippen LogP contribution in [0.15, 0.2) is 30.3 Å². The minimum Gasteiger partial charge on any atom is -0.484 e. The molecule has 1 spiro atoms. The summed E-state index contributed by atoms with van der Waals surface area (Å²) in [5.41, 5.74) is 1.56. The Morgan fingerprint density at radius 1 is 1.35 bits per heavy atom. The normalized spacial score (nSPS) is 21.8. The second-order valence-electron chi connectivity index (χ2n) is 7.25. The van der Waals surface area contributed by atoms with Gasteiger partial charge >= 0.3 is 0 Å². The van der Waals surface area contributed by atoms with Crippen molar-refractivity contribution < 1.29 is 14.3 Å². The summed E-state index contributed by atoms with van der Waals surface area (Å²) in [5.74, 6) is 0.671. The van der Waals surface area contributed by atoms with Gasteiger partial charge in [-0.15, -0.1) is 0 Å². The number of likely N-dealkylation sites (tertiary alicyclic amines) is 1. The summed E-state index contributed by atoms with van der Waals surface area (Å²) in [6.45, 7) is 3.11. The molecule has 0 bridgehead atoms. The van der Waals surface area contributed by atoms with Crippen LogP contribution >= 0.6 is 0 Å². The summed E-state index contributed by atoms with van der Waals surface area (Å²) in [5, 5.41) is 4.42. The Kier molecular flexibility index (Phi) is 4.05. The Balaban J connectivity index is 1.54. The van der Waals surface area contributed by atoms with Crippen molar-refractivity contribution in [3.63, 3.8) is 0 Å². The molecular weight excluding hydrogens is 330 g/mol. The van der Waals surface area contributed by atoms with Crippen molar-refractivity contribution in [3.05, 3.63) is 47.3 Å². The number of benzene rings is 1. The van der Waals surface area contributed by atoms with E-state index in [4.69, 9.17) is 4.74 Å². The van der Waals surface area contributed by atoms with Crippen LogP contribution in [-0.4, -0.2) is 45.1 Å². The first-order chi connectivity index (χ1) is 12.5. The molecule has 1 aromatic heterocycles. The number of para-hydroxylation sites is 1. The molecule has 0 N–H and O–H groups in total. The van der Waals surface area contributed by atoms with Crippen molar-refractivity contribution in [2.75, 3.05) is 13.1 Å². The molecular formula is C20H23N3O3. The van der Waals surface area contributed by atoms with Gasteiger partial charge in [0.2, 0.25) is 0 Å². The SMILES string of the molecule is CCCc1cc(C(=O)N2CC[C@@]3(CC(=O)c4ccccc4O3)C2)n(C)n1. The molecule has 6 nitrogen and oxygen atoms in total. The van der Waals surface area contributed by atoms with Gasteiger partial charge in [-0.05, 0) is 24.6 Å². The molecule has 4 rings (SSSR count). The molecule has 1 fully saturated rings. The number of ketones is 1. The van der Waals surface area contributed by atoms with Crippen LogP contribution in [-0.2, 0) is 13.5 Å². The van der Waals surface area contributed by atoms with Crippen LogP contribution in [0.3, 0.4) is 0 Å². The third-order valence-corrected chi connectivity index (χ3v) is 5.26. The van der Waals surface area contributed by atoms with Crippen LogP contribution in [0.1, 0.15) is 52.7 Å². The number of carbonyl (C=O) groups is 2. The predicted octanol–water partition coefficient (Wildman–Crippen LogP) is 2.62. The molecule has 3 heterocycles. The third kappa shape index (κ3) is 2.79. The van der Waals surface area contributed by atoms with Crippen LogP contribution in [0.5, 0.6) is 5.75 Å². The molecule has 26 heavy (non-hydrogen) atoms. The van der Waals surface area contributed by atoms with Gasteiger partial charge in [0.05, 0.1) is 24.2 Å². The maximum Gasteiger partial charge on any atom is 0.272 e. The lowest BCUT2D eigenvalue weighted by atomic mass is 9.89. The van der Waals surface area contributed by atoms with Crippen molar-refractivity contribution in [1.29, 1.82) is 0 Å². The number of carbonyl (C=O) groups excluding carboxylic acids is 2. The second-order valence-corrected chi connectivity index (χ2v) is 7.25. The summed E-state index contributed by atoms with van der Waals surface area (Å²) in [4.78, 5) is 27.3. The Morgan fingerprint density at radius 2 is 2.15 bits per heavy atom. The van der Waals surface area contributed by atoms with E-state index in [1.165, 1.54) is 0 Å². The van der Waals surface area contributed by atoms with E-state index < -0.39 is 5.60 Å². The van der Waals surface area contributed by atoms with Crippen LogP contribution in [0.25, 0.3) is 0 Å². The van der Waals surface area contributed by atoms with E-state index in [0.29, 0.717) is 42.9 Å². The molecule has 1 amide bonds. The van der Waals surface area contributed by atoms with E-state index in [-0.39, 0.29) is 11.7 Å². The summed E-state index contributed by atoms with van der Waals surface area (Å²) < 4.78 is 7.86. The predicted molar refractivity (Wildman–Crippen MR) is 96.5 cm³/mol. The number of aryl methyl sites for hydroxylation is 2. The van der Waals surface area contributed by atoms with Crippen molar-refractivity contribution in [2.45, 2.75) is 38.2 Å². The van der Waals surface area contributed by atoms with Crippen molar-refractivity contribution >= 4 is 11.7 Å². The number of Topliss-reactive ketones (excluding diaryl/α,β-unsaturated/α-hetero) is 1. The lowest BCUT2D eigenvalue weighted by Gasteiger charge is -2.34. The zero-order chi connectivity index (χ0) is 18.3. The molecule has 2 aliphatic rings. The highest BCUT2D eigenvalue weighted by molar-refractivity contribution is 6.00. The summed E-state index contributed by atoms with van der Waals surface area (Å²) >= 11 is 0. The number of amides is 1. The fraction of sp³-hybridized carbons (Fsp3) is 0.450. The van der Waals surface area contributed by atoms with E-state index in [9.17, 15) is 9.59 Å². The van der Waals surface area contributed by atoms with Gasteiger partial charge in [-0.1, -0.05) is 25.5 Å². The third-order valence-electron chi connectivity index (χ3n) is 5.26. The van der Waals surface area contributed by atoms with Crippen LogP contribution < -0.4 is 4.74 Å². The van der Waals surface area contributed by atoms with E-state index in [1.54, 1.807) is 22.7 Å². The molecule has 1 aromatic carbocycles. The maximum absolute atomic E-state index is 13.0. The topological polar surface area (TPSA) is 64.4 Å². The summed E-state index contributed by atoms with van der Waals surface area (Å²) in [6.07, 6.45) is 2.84. The number of nitrogens with zero attached hydrogens (tertiary/aromatic N) is 3. The zero-order valence-electron chi connectivity index (χ0n) is 15.2. The minimum atomic E-state index is -0.605. The molecule has 6 heteroatoms. The van der Waals surface area contributed by atoms with Gasteiger partial charge < -0.3 is 9.64 Å². The number of rotatable bonds is 3. The van der Waals surface area contributed by atoms with Crippen molar-refractivity contribution in [2.24, 2.45) is 7.05 Å². The summed E-state index contributed by atoms with van der Waals surface area (Å²) in [6, 6.07) is 9.22. The lowest BCUT2D eigenvalue weighted by molar-refractivity contribution is 0.0426. The molecule has 1 atom stereocenters. The number of aromatic nitrogens is 2. The molecule has 136 valence electrons. The van der Waals surface area contributed by atoms with Gasteiger partial charge in [-0.3, -0.25) is 14.3 Å².